The van der Waals surface area contributed by atoms with Crippen LogP contribution in [0.25, 0.3) is 11.4 Å². The van der Waals surface area contributed by atoms with Crippen molar-refractivity contribution in [2.24, 2.45) is 0 Å². The molecule has 1 N–H and O–H groups in total. The minimum atomic E-state index is -3.06. The van der Waals surface area contributed by atoms with E-state index in [1.165, 1.54) is 0 Å². The van der Waals surface area contributed by atoms with E-state index in [1.54, 1.807) is 31.2 Å². The van der Waals surface area contributed by atoms with Crippen LogP contribution >= 0.6 is 11.6 Å². The van der Waals surface area contributed by atoms with E-state index in [4.69, 9.17) is 16.1 Å². The van der Waals surface area contributed by atoms with E-state index in [0.29, 0.717) is 23.2 Å². The van der Waals surface area contributed by atoms with Crippen molar-refractivity contribution in [1.29, 1.82) is 0 Å². The number of nitrogens with one attached hydrogen (secondary N) is 1. The zero-order valence-electron chi connectivity index (χ0n) is 13.7. The lowest BCUT2D eigenvalue weighted by atomic mass is 10.0. The number of sulfone groups is 1. The predicted octanol–water partition coefficient (Wildman–Crippen LogP) is 2.02. The third-order valence-electron chi connectivity index (χ3n) is 4.08. The van der Waals surface area contributed by atoms with Crippen molar-refractivity contribution in [1.82, 2.24) is 15.5 Å². The highest BCUT2D eigenvalue weighted by Crippen LogP contribution is 2.23. The molecule has 7 nitrogen and oxygen atoms in total. The van der Waals surface area contributed by atoms with Gasteiger partial charge < -0.3 is 9.84 Å². The van der Waals surface area contributed by atoms with Gasteiger partial charge in [0.1, 0.15) is 0 Å². The maximum Gasteiger partial charge on any atom is 0.227 e. The highest BCUT2D eigenvalue weighted by molar-refractivity contribution is 7.91. The first-order valence-corrected chi connectivity index (χ1v) is 10.0. The molecule has 0 bridgehead atoms. The Morgan fingerprint density at radius 3 is 2.72 bits per heavy atom. The summed E-state index contributed by atoms with van der Waals surface area (Å²) in [6.07, 6.45) is 0.871. The van der Waals surface area contributed by atoms with Gasteiger partial charge in [0.2, 0.25) is 17.6 Å². The summed E-state index contributed by atoms with van der Waals surface area (Å²) < 4.78 is 28.3. The SMILES string of the molecule is C[C@]1(NC(=O)CCc2nc(-c3ccc(Cl)cc3)no2)CCS(=O)(=O)C1. The number of carbonyl (C=O) groups excluding carboxylic acids is 1. The first-order valence-electron chi connectivity index (χ1n) is 7.85. The highest BCUT2D eigenvalue weighted by Gasteiger charge is 2.39. The van der Waals surface area contributed by atoms with E-state index in [0.717, 1.165) is 5.56 Å². The van der Waals surface area contributed by atoms with Gasteiger partial charge in [0.15, 0.2) is 9.84 Å². The first-order chi connectivity index (χ1) is 11.7. The molecule has 1 aromatic heterocycles. The number of hydrogen-bond donors (Lipinski definition) is 1. The molecule has 2 aromatic rings. The monoisotopic (exact) mass is 383 g/mol. The third-order valence-corrected chi connectivity index (χ3v) is 6.24. The molecule has 1 saturated heterocycles. The minimum Gasteiger partial charge on any atom is -0.350 e. The molecule has 1 fully saturated rings. The first kappa shape index (κ1) is 17.9. The molecule has 1 aliphatic heterocycles. The summed E-state index contributed by atoms with van der Waals surface area (Å²) >= 11 is 5.84. The van der Waals surface area contributed by atoms with Crippen LogP contribution in [0.3, 0.4) is 0 Å². The second-order valence-corrected chi connectivity index (χ2v) is 9.09. The van der Waals surface area contributed by atoms with Crippen LogP contribution in [0.15, 0.2) is 28.8 Å². The van der Waals surface area contributed by atoms with Crippen molar-refractivity contribution in [3.8, 4) is 11.4 Å². The molecule has 1 amide bonds. The van der Waals surface area contributed by atoms with E-state index in [1.807, 2.05) is 0 Å². The van der Waals surface area contributed by atoms with Crippen LogP contribution in [0.1, 0.15) is 25.7 Å². The number of halogens is 1. The number of amides is 1. The van der Waals surface area contributed by atoms with Crippen LogP contribution in [0, 0.1) is 0 Å². The second kappa shape index (κ2) is 6.76. The molecule has 0 aliphatic carbocycles. The average molecular weight is 384 g/mol. The number of hydrogen-bond acceptors (Lipinski definition) is 6. The van der Waals surface area contributed by atoms with Gasteiger partial charge in [-0.15, -0.1) is 0 Å². The van der Waals surface area contributed by atoms with E-state index < -0.39 is 15.4 Å². The van der Waals surface area contributed by atoms with Crippen LogP contribution in [-0.2, 0) is 21.1 Å². The largest absolute Gasteiger partial charge is 0.350 e. The van der Waals surface area contributed by atoms with E-state index >= 15 is 0 Å². The quantitative estimate of drug-likeness (QED) is 0.847. The highest BCUT2D eigenvalue weighted by atomic mass is 35.5. The summed E-state index contributed by atoms with van der Waals surface area (Å²) in [4.78, 5) is 16.4. The number of aryl methyl sites for hydroxylation is 1. The number of nitrogens with zero attached hydrogens (tertiary/aromatic N) is 2. The van der Waals surface area contributed by atoms with Gasteiger partial charge in [-0.25, -0.2) is 8.42 Å². The molecule has 25 heavy (non-hydrogen) atoms. The normalized spacial score (nSPS) is 22.0. The lowest BCUT2D eigenvalue weighted by molar-refractivity contribution is -0.122. The summed E-state index contributed by atoms with van der Waals surface area (Å²) in [5.41, 5.74) is 0.0756. The number of carbonyl (C=O) groups is 1. The molecule has 1 aliphatic rings. The van der Waals surface area contributed by atoms with Gasteiger partial charge in [-0.3, -0.25) is 4.79 Å². The van der Waals surface area contributed by atoms with Crippen molar-refractivity contribution in [3.63, 3.8) is 0 Å². The molecule has 0 radical (unpaired) electrons. The van der Waals surface area contributed by atoms with Gasteiger partial charge >= 0.3 is 0 Å². The van der Waals surface area contributed by atoms with Gasteiger partial charge in [0.05, 0.1) is 17.0 Å². The number of benzene rings is 1. The minimum absolute atomic E-state index is 0.0208. The van der Waals surface area contributed by atoms with Crippen molar-refractivity contribution in [2.75, 3.05) is 11.5 Å². The Bertz CT molecular complexity index is 879. The van der Waals surface area contributed by atoms with Gasteiger partial charge in [-0.1, -0.05) is 16.8 Å². The number of aromatic nitrogens is 2. The standard InChI is InChI=1S/C16H18ClN3O4S/c1-16(8-9-25(22,23)10-16)19-13(21)6-7-14-18-15(20-24-14)11-2-4-12(17)5-3-11/h2-5H,6-10H2,1H3,(H,19,21)/t16-/m0/s1. The smallest absolute Gasteiger partial charge is 0.227 e. The van der Waals surface area contributed by atoms with Gasteiger partial charge in [0, 0.05) is 23.4 Å². The molecule has 0 saturated carbocycles. The molecule has 3 rings (SSSR count). The van der Waals surface area contributed by atoms with Crippen LogP contribution < -0.4 is 5.32 Å². The molecule has 0 unspecified atom stereocenters. The van der Waals surface area contributed by atoms with Gasteiger partial charge in [-0.2, -0.15) is 4.98 Å². The molecule has 9 heteroatoms. The summed E-state index contributed by atoms with van der Waals surface area (Å²) in [5.74, 6) is 0.640. The maximum absolute atomic E-state index is 12.1. The molecular formula is C16H18ClN3O4S. The Labute approximate surface area is 150 Å². The Morgan fingerprint density at radius 1 is 1.36 bits per heavy atom. The van der Waals surface area contributed by atoms with Crippen LogP contribution in [-0.4, -0.2) is 41.5 Å². The lowest BCUT2D eigenvalue weighted by Gasteiger charge is -2.23. The Kier molecular flexibility index (Phi) is 4.83. The fraction of sp³-hybridized carbons (Fsp3) is 0.438. The van der Waals surface area contributed by atoms with Crippen molar-refractivity contribution < 1.29 is 17.7 Å². The molecule has 134 valence electrons. The summed E-state index contributed by atoms with van der Waals surface area (Å²) in [6.45, 7) is 1.75. The molecular weight excluding hydrogens is 366 g/mol. The van der Waals surface area contributed by atoms with Crippen LogP contribution in [0.4, 0.5) is 0 Å². The molecule has 1 atom stereocenters. The predicted molar refractivity (Wildman–Crippen MR) is 92.9 cm³/mol. The fourth-order valence-electron chi connectivity index (χ4n) is 2.80. The van der Waals surface area contributed by atoms with Crippen molar-refractivity contribution in [2.45, 2.75) is 31.7 Å². The Hall–Kier alpha value is -1.93. The number of rotatable bonds is 5. The zero-order valence-corrected chi connectivity index (χ0v) is 15.2. The van der Waals surface area contributed by atoms with Crippen molar-refractivity contribution >= 4 is 27.3 Å². The van der Waals surface area contributed by atoms with Gasteiger partial charge in [-0.05, 0) is 37.6 Å². The topological polar surface area (TPSA) is 102 Å². The lowest BCUT2D eigenvalue weighted by Crippen LogP contribution is -2.47. The fourth-order valence-corrected chi connectivity index (χ4v) is 5.02. The van der Waals surface area contributed by atoms with E-state index in [-0.39, 0.29) is 30.3 Å². The van der Waals surface area contributed by atoms with E-state index in [9.17, 15) is 13.2 Å². The Morgan fingerprint density at radius 2 is 2.08 bits per heavy atom. The molecule has 0 spiro atoms. The van der Waals surface area contributed by atoms with E-state index in [2.05, 4.69) is 15.5 Å². The Balaban J connectivity index is 1.55. The van der Waals surface area contributed by atoms with Crippen LogP contribution in [0.2, 0.25) is 5.02 Å². The summed E-state index contributed by atoms with van der Waals surface area (Å²) in [6, 6.07) is 7.03. The summed E-state index contributed by atoms with van der Waals surface area (Å²) in [7, 11) is -3.06. The molecule has 1 aromatic carbocycles. The third kappa shape index (κ3) is 4.58. The van der Waals surface area contributed by atoms with Crippen molar-refractivity contribution in [3.05, 3.63) is 35.2 Å². The van der Waals surface area contributed by atoms with Gasteiger partial charge in [0.25, 0.3) is 0 Å². The molecule has 2 heterocycles. The maximum atomic E-state index is 12.1. The second-order valence-electron chi connectivity index (χ2n) is 6.47. The zero-order chi connectivity index (χ0) is 18.1. The average Bonchev–Trinajstić information content (AvgIpc) is 3.10. The van der Waals surface area contributed by atoms with Crippen LogP contribution in [0.5, 0.6) is 0 Å². The summed E-state index contributed by atoms with van der Waals surface area (Å²) in [5, 5.41) is 7.31.